The summed E-state index contributed by atoms with van der Waals surface area (Å²) < 4.78 is 9.92. The van der Waals surface area contributed by atoms with Crippen LogP contribution in [0.25, 0.3) is 0 Å². The summed E-state index contributed by atoms with van der Waals surface area (Å²) in [5.41, 5.74) is -2.27. The molecule has 0 saturated carbocycles. The van der Waals surface area contributed by atoms with Crippen molar-refractivity contribution in [1.29, 1.82) is 0 Å². The normalized spacial score (nSPS) is 16.3. The molecule has 2 aliphatic carbocycles. The SMILES string of the molecule is COC(=O)C1(C(=O)OC)C2=C(C(=O)c3ccccc3C2=O)C(=O)c2c(C)cc(C)cc21. The molecule has 0 heterocycles. The third-order valence-electron chi connectivity index (χ3n) is 5.82. The zero-order chi connectivity index (χ0) is 22.7. The third-order valence-corrected chi connectivity index (χ3v) is 5.82. The quantitative estimate of drug-likeness (QED) is 0.419. The second kappa shape index (κ2) is 6.84. The van der Waals surface area contributed by atoms with E-state index in [1.54, 1.807) is 32.0 Å². The number of aryl methyl sites for hydroxylation is 2. The molecule has 31 heavy (non-hydrogen) atoms. The number of fused-ring (bicyclic) bond motifs is 2. The van der Waals surface area contributed by atoms with Crippen LogP contribution < -0.4 is 0 Å². The summed E-state index contributed by atoms with van der Waals surface area (Å²) in [6, 6.07) is 9.16. The van der Waals surface area contributed by atoms with Crippen LogP contribution in [0, 0.1) is 13.8 Å². The molecule has 0 saturated heterocycles. The first-order valence-electron chi connectivity index (χ1n) is 9.48. The summed E-state index contributed by atoms with van der Waals surface area (Å²) in [4.78, 5) is 67.0. The van der Waals surface area contributed by atoms with Gasteiger partial charge >= 0.3 is 11.9 Å². The van der Waals surface area contributed by atoms with Crippen molar-refractivity contribution in [3.63, 3.8) is 0 Å². The number of ketones is 3. The standard InChI is InChI=1S/C24H18O7/c1-11-9-12(2)16-15(10-11)24(22(28)30-3,23(29)31-4)18-17(21(16)27)19(25)13-7-5-6-8-14(13)20(18)26/h5-10H,1-4H3. The van der Waals surface area contributed by atoms with Gasteiger partial charge in [-0.2, -0.15) is 0 Å². The zero-order valence-corrected chi connectivity index (χ0v) is 17.3. The Kier molecular flexibility index (Phi) is 4.50. The first-order chi connectivity index (χ1) is 14.7. The van der Waals surface area contributed by atoms with Crippen molar-refractivity contribution < 1.29 is 33.4 Å². The van der Waals surface area contributed by atoms with E-state index >= 15 is 0 Å². The second-order valence-electron chi connectivity index (χ2n) is 7.52. The Morgan fingerprint density at radius 1 is 0.806 bits per heavy atom. The van der Waals surface area contributed by atoms with Gasteiger partial charge in [-0.05, 0) is 25.0 Å². The molecule has 0 fully saturated rings. The van der Waals surface area contributed by atoms with Gasteiger partial charge in [-0.3, -0.25) is 24.0 Å². The number of hydrogen-bond donors (Lipinski definition) is 0. The Labute approximate surface area is 177 Å². The van der Waals surface area contributed by atoms with Gasteiger partial charge in [0.1, 0.15) is 0 Å². The number of rotatable bonds is 2. The van der Waals surface area contributed by atoms with Crippen LogP contribution in [-0.4, -0.2) is 43.5 Å². The first-order valence-corrected chi connectivity index (χ1v) is 9.48. The van der Waals surface area contributed by atoms with E-state index in [0.717, 1.165) is 14.2 Å². The van der Waals surface area contributed by atoms with Crippen LogP contribution in [0.4, 0.5) is 0 Å². The van der Waals surface area contributed by atoms with Gasteiger partial charge < -0.3 is 9.47 Å². The number of Topliss-reactive ketones (excluding diaryl/α,β-unsaturated/α-hetero) is 3. The molecular weight excluding hydrogens is 400 g/mol. The van der Waals surface area contributed by atoms with E-state index in [2.05, 4.69) is 0 Å². The van der Waals surface area contributed by atoms with Crippen LogP contribution in [0.1, 0.15) is 47.8 Å². The monoisotopic (exact) mass is 418 g/mol. The fraction of sp³-hybridized carbons (Fsp3) is 0.208. The van der Waals surface area contributed by atoms with E-state index in [1.807, 2.05) is 0 Å². The van der Waals surface area contributed by atoms with Crippen molar-refractivity contribution in [2.45, 2.75) is 19.3 Å². The molecule has 4 rings (SSSR count). The van der Waals surface area contributed by atoms with Crippen molar-refractivity contribution >= 4 is 29.3 Å². The van der Waals surface area contributed by atoms with E-state index in [0.29, 0.717) is 11.1 Å². The fourth-order valence-corrected chi connectivity index (χ4v) is 4.59. The topological polar surface area (TPSA) is 104 Å². The van der Waals surface area contributed by atoms with Crippen molar-refractivity contribution in [3.8, 4) is 0 Å². The van der Waals surface area contributed by atoms with Gasteiger partial charge in [-0.15, -0.1) is 0 Å². The molecule has 2 aromatic rings. The van der Waals surface area contributed by atoms with Gasteiger partial charge in [0, 0.05) is 22.3 Å². The van der Waals surface area contributed by atoms with Crippen LogP contribution in [0.3, 0.4) is 0 Å². The maximum atomic E-state index is 13.6. The average Bonchev–Trinajstić information content (AvgIpc) is 2.76. The summed E-state index contributed by atoms with van der Waals surface area (Å²) in [6.45, 7) is 3.36. The molecule has 0 radical (unpaired) electrons. The van der Waals surface area contributed by atoms with Gasteiger partial charge in [0.25, 0.3) is 0 Å². The van der Waals surface area contributed by atoms with Gasteiger partial charge in [0.2, 0.25) is 5.41 Å². The minimum Gasteiger partial charge on any atom is -0.468 e. The lowest BCUT2D eigenvalue weighted by Gasteiger charge is -2.38. The highest BCUT2D eigenvalue weighted by Crippen LogP contribution is 2.48. The molecule has 7 nitrogen and oxygen atoms in total. The number of allylic oxidation sites excluding steroid dienone is 1. The third kappa shape index (κ3) is 2.43. The van der Waals surface area contributed by atoms with Gasteiger partial charge in [0.15, 0.2) is 17.3 Å². The van der Waals surface area contributed by atoms with Crippen molar-refractivity contribution in [2.24, 2.45) is 0 Å². The highest BCUT2D eigenvalue weighted by molar-refractivity contribution is 6.44. The Morgan fingerprint density at radius 3 is 1.90 bits per heavy atom. The number of esters is 2. The molecule has 0 atom stereocenters. The lowest BCUT2D eigenvalue weighted by Crippen LogP contribution is -2.54. The van der Waals surface area contributed by atoms with Crippen LogP contribution in [0.5, 0.6) is 0 Å². The number of carbonyl (C=O) groups excluding carboxylic acids is 5. The van der Waals surface area contributed by atoms with Crippen molar-refractivity contribution in [3.05, 3.63) is 80.9 Å². The van der Waals surface area contributed by atoms with Crippen LogP contribution in [0.15, 0.2) is 47.5 Å². The molecule has 0 amide bonds. The van der Waals surface area contributed by atoms with E-state index in [-0.39, 0.29) is 22.3 Å². The summed E-state index contributed by atoms with van der Waals surface area (Å²) in [5, 5.41) is 0. The minimum atomic E-state index is -2.40. The lowest BCUT2D eigenvalue weighted by atomic mass is 9.60. The maximum absolute atomic E-state index is 13.6. The Bertz CT molecular complexity index is 1250. The lowest BCUT2D eigenvalue weighted by molar-refractivity contribution is -0.159. The molecular formula is C24H18O7. The van der Waals surface area contributed by atoms with Gasteiger partial charge in [-0.25, -0.2) is 0 Å². The molecule has 0 bridgehead atoms. The Hall–Kier alpha value is -3.87. The van der Waals surface area contributed by atoms with E-state index in [1.165, 1.54) is 18.2 Å². The highest BCUT2D eigenvalue weighted by atomic mass is 16.5. The molecule has 2 aliphatic rings. The summed E-state index contributed by atoms with van der Waals surface area (Å²) in [5.74, 6) is -4.41. The molecule has 0 aromatic heterocycles. The predicted octanol–water partition coefficient (Wildman–Crippen LogP) is 2.46. The molecule has 0 N–H and O–H groups in total. The Morgan fingerprint density at radius 2 is 1.35 bits per heavy atom. The Balaban J connectivity index is 2.25. The molecule has 2 aromatic carbocycles. The van der Waals surface area contributed by atoms with Gasteiger partial charge in [-0.1, -0.05) is 42.0 Å². The first kappa shape index (κ1) is 20.4. The van der Waals surface area contributed by atoms with Crippen molar-refractivity contribution in [2.75, 3.05) is 14.2 Å². The summed E-state index contributed by atoms with van der Waals surface area (Å²) >= 11 is 0. The summed E-state index contributed by atoms with van der Waals surface area (Å²) in [6.07, 6.45) is 0. The number of hydrogen-bond acceptors (Lipinski definition) is 7. The fourth-order valence-electron chi connectivity index (χ4n) is 4.59. The number of benzene rings is 2. The van der Waals surface area contributed by atoms with E-state index in [4.69, 9.17) is 9.47 Å². The zero-order valence-electron chi connectivity index (χ0n) is 17.3. The molecule has 0 spiro atoms. The highest BCUT2D eigenvalue weighted by Gasteiger charge is 2.63. The van der Waals surface area contributed by atoms with Gasteiger partial charge in [0.05, 0.1) is 19.8 Å². The van der Waals surface area contributed by atoms with Crippen LogP contribution in [0.2, 0.25) is 0 Å². The maximum Gasteiger partial charge on any atom is 0.332 e. The second-order valence-corrected chi connectivity index (χ2v) is 7.52. The van der Waals surface area contributed by atoms with Crippen LogP contribution >= 0.6 is 0 Å². The van der Waals surface area contributed by atoms with Crippen molar-refractivity contribution in [1.82, 2.24) is 0 Å². The van der Waals surface area contributed by atoms with E-state index < -0.39 is 45.8 Å². The average molecular weight is 418 g/mol. The van der Waals surface area contributed by atoms with Crippen LogP contribution in [-0.2, 0) is 24.5 Å². The smallest absolute Gasteiger partial charge is 0.332 e. The molecule has 0 aliphatic heterocycles. The minimum absolute atomic E-state index is 0.00376. The molecule has 7 heteroatoms. The predicted molar refractivity (Wildman–Crippen MR) is 108 cm³/mol. The molecule has 156 valence electrons. The summed E-state index contributed by atoms with van der Waals surface area (Å²) in [7, 11) is 2.13. The molecule has 0 unspecified atom stereocenters. The number of methoxy groups -OCH3 is 2. The number of carbonyl (C=O) groups is 5. The van der Waals surface area contributed by atoms with E-state index in [9.17, 15) is 24.0 Å². The largest absolute Gasteiger partial charge is 0.468 e. The number of ether oxygens (including phenoxy) is 2.